The highest BCUT2D eigenvalue weighted by molar-refractivity contribution is 7.89. The molecule has 252 valence electrons. The Hall–Kier alpha value is -4.15. The van der Waals surface area contributed by atoms with Gasteiger partial charge in [-0.3, -0.25) is 25.8 Å². The number of carbonyl (C=O) groups is 1. The van der Waals surface area contributed by atoms with Crippen LogP contribution >= 0.6 is 12.2 Å². The number of hydrazine groups is 1. The third-order valence-corrected chi connectivity index (χ3v) is 9.98. The molecule has 1 amide bonds. The number of rotatable bonds is 15. The molecule has 3 aromatic carbocycles. The Morgan fingerprint density at radius 2 is 1.64 bits per heavy atom. The van der Waals surface area contributed by atoms with Crippen molar-refractivity contribution >= 4 is 44.6 Å². The van der Waals surface area contributed by atoms with Gasteiger partial charge >= 0.3 is 0 Å². The highest BCUT2D eigenvalue weighted by Crippen LogP contribution is 2.32. The smallest absolute Gasteiger partial charge is 0.295 e. The number of nitro benzene ring substituents is 1. The Morgan fingerprint density at radius 1 is 1.00 bits per heavy atom. The van der Waals surface area contributed by atoms with Crippen LogP contribution in [0, 0.1) is 10.1 Å². The van der Waals surface area contributed by atoms with Gasteiger partial charge in [0.05, 0.1) is 15.9 Å². The van der Waals surface area contributed by atoms with Crippen molar-refractivity contribution in [1.82, 2.24) is 30.2 Å². The van der Waals surface area contributed by atoms with Gasteiger partial charge in [-0.25, -0.2) is 8.42 Å². The summed E-state index contributed by atoms with van der Waals surface area (Å²) in [5.74, 6) is -0.380. The Morgan fingerprint density at radius 3 is 2.23 bits per heavy atom. The quantitative estimate of drug-likeness (QED) is 0.106. The highest BCUT2D eigenvalue weighted by Gasteiger charge is 2.40. The van der Waals surface area contributed by atoms with Crippen LogP contribution in [0.1, 0.15) is 30.0 Å². The summed E-state index contributed by atoms with van der Waals surface area (Å²) >= 11 is 5.50. The van der Waals surface area contributed by atoms with Gasteiger partial charge in [0.2, 0.25) is 15.9 Å². The maximum absolute atomic E-state index is 13.7. The zero-order valence-corrected chi connectivity index (χ0v) is 28.4. The number of sulfonamides is 1. The molecule has 1 aliphatic heterocycles. The average Bonchev–Trinajstić information content (AvgIpc) is 3.57. The molecular weight excluding hydrogens is 641 g/mol. The maximum atomic E-state index is 13.7. The molecule has 47 heavy (non-hydrogen) atoms. The molecule has 13 nitrogen and oxygen atoms in total. The van der Waals surface area contributed by atoms with E-state index in [-0.39, 0.29) is 34.2 Å². The van der Waals surface area contributed by atoms with Crippen molar-refractivity contribution in [2.24, 2.45) is 0 Å². The topological polar surface area (TPSA) is 152 Å². The molecule has 1 heterocycles. The average molecular weight is 683 g/mol. The third-order valence-electron chi connectivity index (χ3n) is 7.85. The molecule has 4 N–H and O–H groups in total. The Kier molecular flexibility index (Phi) is 12.6. The molecule has 4 rings (SSSR count). The zero-order chi connectivity index (χ0) is 34.0. The predicted octanol–water partition coefficient (Wildman–Crippen LogP) is 2.94. The monoisotopic (exact) mass is 682 g/mol. The normalized spacial score (nSPS) is 15.1. The lowest BCUT2D eigenvalue weighted by Gasteiger charge is -2.24. The number of hydrogen-bond donors (Lipinski definition) is 4. The van der Waals surface area contributed by atoms with Crippen LogP contribution < -0.4 is 21.5 Å². The fraction of sp³-hybridized carbons (Fsp3) is 0.375. The van der Waals surface area contributed by atoms with Gasteiger partial charge in [-0.2, -0.15) is 4.31 Å². The molecule has 0 radical (unpaired) electrons. The summed E-state index contributed by atoms with van der Waals surface area (Å²) < 4.78 is 28.5. The van der Waals surface area contributed by atoms with E-state index in [9.17, 15) is 23.3 Å². The number of thiocarbonyl (C=S) groups is 1. The molecule has 0 aromatic heterocycles. The first kappa shape index (κ1) is 35.7. The summed E-state index contributed by atoms with van der Waals surface area (Å²) in [5.41, 5.74) is 7.01. The van der Waals surface area contributed by atoms with Crippen molar-refractivity contribution in [3.63, 3.8) is 0 Å². The van der Waals surface area contributed by atoms with E-state index in [4.69, 9.17) is 12.2 Å². The van der Waals surface area contributed by atoms with Crippen LogP contribution in [0.3, 0.4) is 0 Å². The van der Waals surface area contributed by atoms with Crippen LogP contribution in [0.5, 0.6) is 0 Å². The number of nitrogens with one attached hydrogen (secondary N) is 4. The maximum Gasteiger partial charge on any atom is 0.295 e. The van der Waals surface area contributed by atoms with E-state index in [1.807, 2.05) is 81.8 Å². The molecule has 0 unspecified atom stereocenters. The summed E-state index contributed by atoms with van der Waals surface area (Å²) in [5, 5.41) is 18.3. The Bertz CT molecular complexity index is 1590. The lowest BCUT2D eigenvalue weighted by molar-refractivity contribution is -0.384. The van der Waals surface area contributed by atoms with Gasteiger partial charge in [0.15, 0.2) is 5.11 Å². The van der Waals surface area contributed by atoms with E-state index < -0.39 is 26.7 Å². The van der Waals surface area contributed by atoms with Crippen LogP contribution in [0.4, 0.5) is 11.4 Å². The minimum absolute atomic E-state index is 0.0168. The van der Waals surface area contributed by atoms with E-state index in [0.29, 0.717) is 25.9 Å². The fourth-order valence-corrected chi connectivity index (χ4v) is 7.11. The molecule has 15 heteroatoms. The van der Waals surface area contributed by atoms with Crippen LogP contribution in [0.25, 0.3) is 0 Å². The van der Waals surface area contributed by atoms with Crippen LogP contribution in [-0.2, 0) is 14.8 Å². The molecule has 1 atom stereocenters. The fourth-order valence-electron chi connectivity index (χ4n) is 5.27. The van der Waals surface area contributed by atoms with Crippen molar-refractivity contribution < 1.29 is 18.1 Å². The van der Waals surface area contributed by atoms with Gasteiger partial charge < -0.3 is 20.4 Å². The number of anilines is 1. The molecule has 0 spiro atoms. The number of hydrogen-bond acceptors (Lipinski definition) is 9. The van der Waals surface area contributed by atoms with E-state index >= 15 is 0 Å². The van der Waals surface area contributed by atoms with Gasteiger partial charge in [0, 0.05) is 38.8 Å². The summed E-state index contributed by atoms with van der Waals surface area (Å²) in [6.45, 7) is 2.84. The minimum Gasteiger partial charge on any atom is -0.353 e. The molecule has 1 fully saturated rings. The van der Waals surface area contributed by atoms with Crippen molar-refractivity contribution in [2.75, 3.05) is 59.3 Å². The van der Waals surface area contributed by atoms with Crippen LogP contribution in [-0.4, -0.2) is 98.4 Å². The first-order valence-corrected chi connectivity index (χ1v) is 17.2. The predicted molar refractivity (Wildman–Crippen MR) is 186 cm³/mol. The number of carbonyl (C=O) groups excluding carboxylic acids is 1. The number of likely N-dealkylation sites (N-methyl/N-ethyl adjacent to an activating group) is 2. The SMILES string of the molecule is CN(C)CCN(C)CCNC(=O)[C@H]1CCCN1S(=O)(=O)c1ccc(NNC(=S)NC(c2ccccc2)c2ccccc2)c([N+](=O)[O-])c1. The van der Waals surface area contributed by atoms with Crippen molar-refractivity contribution in [3.05, 3.63) is 100 Å². The molecule has 0 bridgehead atoms. The van der Waals surface area contributed by atoms with Crippen molar-refractivity contribution in [2.45, 2.75) is 29.8 Å². The Labute approximate surface area is 281 Å². The van der Waals surface area contributed by atoms with Crippen molar-refractivity contribution in [3.8, 4) is 0 Å². The number of nitrogens with zero attached hydrogens (tertiary/aromatic N) is 4. The second kappa shape index (κ2) is 16.6. The summed E-state index contributed by atoms with van der Waals surface area (Å²) in [6, 6.07) is 21.8. The lowest BCUT2D eigenvalue weighted by Crippen LogP contribution is -2.47. The summed E-state index contributed by atoms with van der Waals surface area (Å²) in [4.78, 5) is 28.3. The molecule has 1 aliphatic rings. The number of benzene rings is 3. The molecule has 1 saturated heterocycles. The highest BCUT2D eigenvalue weighted by atomic mass is 32.2. The summed E-state index contributed by atoms with van der Waals surface area (Å²) in [6.07, 6.45) is 0.869. The molecule has 0 aliphatic carbocycles. The van der Waals surface area contributed by atoms with Gasteiger partial charge in [-0.15, -0.1) is 0 Å². The molecular formula is C32H42N8O5S2. The molecule has 0 saturated carbocycles. The van der Waals surface area contributed by atoms with Crippen LogP contribution in [0.2, 0.25) is 0 Å². The van der Waals surface area contributed by atoms with Crippen molar-refractivity contribution in [1.29, 1.82) is 0 Å². The lowest BCUT2D eigenvalue weighted by atomic mass is 9.99. The first-order chi connectivity index (χ1) is 22.5. The largest absolute Gasteiger partial charge is 0.353 e. The minimum atomic E-state index is -4.21. The standard InChI is InChI=1S/C32H42N8O5S2/c1-37(2)21-22-38(3)20-18-33-31(41)28-15-10-19-39(28)47(44,45)26-16-17-27(29(23-26)40(42)43)35-36-32(46)34-30(24-11-6-4-7-12-24)25-13-8-5-9-14-25/h4-9,11-14,16-17,23,28,30,35H,10,15,18-22H2,1-3H3,(H,33,41)(H2,34,36,46)/t28-/m1/s1. The third kappa shape index (κ3) is 9.68. The number of nitro groups is 1. The number of amides is 1. The Balaban J connectivity index is 1.42. The second-order valence-electron chi connectivity index (χ2n) is 11.6. The first-order valence-electron chi connectivity index (χ1n) is 15.3. The van der Waals surface area contributed by atoms with E-state index in [1.54, 1.807) is 0 Å². The van der Waals surface area contributed by atoms with Gasteiger partial charge in [0.1, 0.15) is 11.7 Å². The van der Waals surface area contributed by atoms with Gasteiger partial charge in [-0.1, -0.05) is 60.7 Å². The van der Waals surface area contributed by atoms with E-state index in [0.717, 1.165) is 34.6 Å². The zero-order valence-electron chi connectivity index (χ0n) is 26.8. The second-order valence-corrected chi connectivity index (χ2v) is 13.9. The summed E-state index contributed by atoms with van der Waals surface area (Å²) in [7, 11) is 1.73. The molecule has 3 aromatic rings. The van der Waals surface area contributed by atoms with E-state index in [1.165, 1.54) is 12.1 Å². The van der Waals surface area contributed by atoms with Crippen LogP contribution in [0.15, 0.2) is 83.8 Å². The van der Waals surface area contributed by atoms with E-state index in [2.05, 4.69) is 31.3 Å². The van der Waals surface area contributed by atoms with Gasteiger partial charge in [0.25, 0.3) is 5.69 Å². The van der Waals surface area contributed by atoms with Gasteiger partial charge in [-0.05, 0) is 69.5 Å².